The molecule has 0 saturated heterocycles. The highest BCUT2D eigenvalue weighted by atomic mass is 19.4. The van der Waals surface area contributed by atoms with Crippen LogP contribution in [0.15, 0.2) is 121 Å². The van der Waals surface area contributed by atoms with Crippen LogP contribution in [-0.2, 0) is 15.8 Å². The molecule has 6 rings (SSSR count). The van der Waals surface area contributed by atoms with Crippen LogP contribution in [0, 0.1) is 17.1 Å². The topological polar surface area (TPSA) is 88.8 Å². The van der Waals surface area contributed by atoms with Crippen LogP contribution in [0.1, 0.15) is 41.2 Å². The van der Waals surface area contributed by atoms with Crippen LogP contribution in [-0.4, -0.2) is 37.5 Å². The first-order chi connectivity index (χ1) is 24.0. The van der Waals surface area contributed by atoms with Crippen molar-refractivity contribution < 1.29 is 31.8 Å². The van der Waals surface area contributed by atoms with Gasteiger partial charge in [0.25, 0.3) is 6.02 Å². The second kappa shape index (κ2) is 13.6. The molecule has 2 atom stereocenters. The van der Waals surface area contributed by atoms with Crippen LogP contribution in [0.5, 0.6) is 11.5 Å². The summed E-state index contributed by atoms with van der Waals surface area (Å²) in [6, 6.07) is 30.7. The molecule has 50 heavy (non-hydrogen) atoms. The molecule has 254 valence electrons. The second-order valence-electron chi connectivity index (χ2n) is 12.0. The Kier molecular flexibility index (Phi) is 9.21. The number of ether oxygens (including phenoxy) is 3. The fraction of sp³-hybridized carbons (Fsp3) is 0.205. The Balaban J connectivity index is 1.56. The molecule has 2 heterocycles. The van der Waals surface area contributed by atoms with Crippen molar-refractivity contribution in [3.63, 3.8) is 0 Å². The zero-order chi connectivity index (χ0) is 35.5. The Labute approximate surface area is 286 Å². The van der Waals surface area contributed by atoms with Gasteiger partial charge in [0.15, 0.2) is 6.10 Å². The average molecular weight is 681 g/mol. The molecule has 1 aliphatic rings. The zero-order valence-electron chi connectivity index (χ0n) is 27.3. The van der Waals surface area contributed by atoms with Crippen molar-refractivity contribution in [1.82, 2.24) is 10.3 Å². The number of pyridine rings is 1. The van der Waals surface area contributed by atoms with E-state index >= 15 is 4.39 Å². The molecule has 4 aromatic carbocycles. The number of hydrogen-bond donors (Lipinski definition) is 1. The highest BCUT2D eigenvalue weighted by Gasteiger charge is 2.51. The van der Waals surface area contributed by atoms with Crippen LogP contribution in [0.3, 0.4) is 0 Å². The number of nitriles is 1. The maximum absolute atomic E-state index is 15.8. The van der Waals surface area contributed by atoms with E-state index in [4.69, 9.17) is 19.2 Å². The first-order valence-electron chi connectivity index (χ1n) is 15.6. The quantitative estimate of drug-likeness (QED) is 0.131. The standard InChI is InChI=1S/C39H32F4N4O3/c1-37(33-20-26(9-18-34(33)40)27-19-25(22-44)23-45-24-27)21-35(39(41,42)43)50-36(46-37)47-38(28-7-5-4-6-8-28,29-10-14-31(48-2)15-11-29)30-12-16-32(49-3)17-13-30/h4-20,23-24,35H,21H2,1-3H3,(H,46,47)/t35-,37-/m0/s1. The predicted octanol–water partition coefficient (Wildman–Crippen LogP) is 8.28. The van der Waals surface area contributed by atoms with Crippen molar-refractivity contribution in [2.24, 2.45) is 4.99 Å². The summed E-state index contributed by atoms with van der Waals surface area (Å²) in [5.74, 6) is 0.408. The molecular weight excluding hydrogens is 648 g/mol. The smallest absolute Gasteiger partial charge is 0.425 e. The maximum Gasteiger partial charge on any atom is 0.425 e. The summed E-state index contributed by atoms with van der Waals surface area (Å²) in [5.41, 5.74) is -0.0182. The number of aliphatic imine (C=N–C) groups is 1. The number of aromatic nitrogens is 1. The average Bonchev–Trinajstić information content (AvgIpc) is 3.14. The van der Waals surface area contributed by atoms with Gasteiger partial charge in [0.05, 0.1) is 25.3 Å². The number of hydrogen-bond acceptors (Lipinski definition) is 7. The van der Waals surface area contributed by atoms with E-state index in [9.17, 15) is 18.4 Å². The van der Waals surface area contributed by atoms with Crippen LogP contribution >= 0.6 is 0 Å². The molecule has 0 saturated carbocycles. The zero-order valence-corrected chi connectivity index (χ0v) is 27.3. The number of amidine groups is 1. The molecule has 1 aromatic heterocycles. The summed E-state index contributed by atoms with van der Waals surface area (Å²) >= 11 is 0. The van der Waals surface area contributed by atoms with Gasteiger partial charge >= 0.3 is 6.18 Å². The molecule has 0 aliphatic carbocycles. The molecular formula is C39H32F4N4O3. The Morgan fingerprint density at radius 2 is 1.42 bits per heavy atom. The number of nitrogens with zero attached hydrogens (tertiary/aromatic N) is 3. The van der Waals surface area contributed by atoms with Gasteiger partial charge in [-0.3, -0.25) is 4.98 Å². The van der Waals surface area contributed by atoms with E-state index in [0.29, 0.717) is 39.3 Å². The molecule has 0 amide bonds. The fourth-order valence-corrected chi connectivity index (χ4v) is 6.27. The van der Waals surface area contributed by atoms with E-state index in [1.165, 1.54) is 51.7 Å². The van der Waals surface area contributed by atoms with Gasteiger partial charge < -0.3 is 19.5 Å². The van der Waals surface area contributed by atoms with Crippen molar-refractivity contribution >= 4 is 6.02 Å². The first-order valence-corrected chi connectivity index (χ1v) is 15.6. The van der Waals surface area contributed by atoms with E-state index in [1.807, 2.05) is 36.4 Å². The maximum atomic E-state index is 15.8. The lowest BCUT2D eigenvalue weighted by Crippen LogP contribution is -2.54. The molecule has 1 aliphatic heterocycles. The first kappa shape index (κ1) is 34.0. The summed E-state index contributed by atoms with van der Waals surface area (Å²) in [4.78, 5) is 8.81. The van der Waals surface area contributed by atoms with Crippen molar-refractivity contribution in [2.75, 3.05) is 14.2 Å². The molecule has 1 N–H and O–H groups in total. The number of rotatable bonds is 8. The van der Waals surface area contributed by atoms with Crippen molar-refractivity contribution in [3.05, 3.63) is 149 Å². The predicted molar refractivity (Wildman–Crippen MR) is 180 cm³/mol. The Bertz CT molecular complexity index is 2000. The lowest BCUT2D eigenvalue weighted by molar-refractivity contribution is -0.209. The molecule has 0 radical (unpaired) electrons. The van der Waals surface area contributed by atoms with E-state index in [-0.39, 0.29) is 11.1 Å². The molecule has 5 aromatic rings. The number of methoxy groups -OCH3 is 2. The highest BCUT2D eigenvalue weighted by Crippen LogP contribution is 2.44. The van der Waals surface area contributed by atoms with E-state index in [2.05, 4.69) is 10.3 Å². The minimum Gasteiger partial charge on any atom is -0.497 e. The minimum absolute atomic E-state index is 0.0755. The van der Waals surface area contributed by atoms with Gasteiger partial charge in [-0.15, -0.1) is 0 Å². The van der Waals surface area contributed by atoms with E-state index < -0.39 is 41.6 Å². The Morgan fingerprint density at radius 3 is 1.98 bits per heavy atom. The Morgan fingerprint density at radius 1 is 0.820 bits per heavy atom. The summed E-state index contributed by atoms with van der Waals surface area (Å²) in [6.45, 7) is 1.45. The van der Waals surface area contributed by atoms with Gasteiger partial charge in [-0.2, -0.15) is 18.4 Å². The van der Waals surface area contributed by atoms with Gasteiger partial charge in [-0.25, -0.2) is 9.38 Å². The highest BCUT2D eigenvalue weighted by molar-refractivity contribution is 5.79. The van der Waals surface area contributed by atoms with Gasteiger partial charge in [-0.1, -0.05) is 60.7 Å². The third-order valence-electron chi connectivity index (χ3n) is 8.84. The largest absolute Gasteiger partial charge is 0.497 e. The molecule has 0 fully saturated rings. The van der Waals surface area contributed by atoms with Gasteiger partial charge in [-0.05, 0) is 71.6 Å². The van der Waals surface area contributed by atoms with Crippen LogP contribution < -0.4 is 14.8 Å². The van der Waals surface area contributed by atoms with Crippen molar-refractivity contribution in [2.45, 2.75) is 36.7 Å². The summed E-state index contributed by atoms with van der Waals surface area (Å²) in [5, 5.41) is 12.7. The lowest BCUT2D eigenvalue weighted by Gasteiger charge is -2.42. The Hall–Kier alpha value is -5.89. The van der Waals surface area contributed by atoms with Gasteiger partial charge in [0, 0.05) is 29.9 Å². The monoisotopic (exact) mass is 680 g/mol. The normalized spacial score (nSPS) is 17.6. The molecule has 7 nitrogen and oxygen atoms in total. The molecule has 0 spiro atoms. The van der Waals surface area contributed by atoms with Crippen molar-refractivity contribution in [1.29, 1.82) is 5.26 Å². The van der Waals surface area contributed by atoms with E-state index in [0.717, 1.165) is 0 Å². The summed E-state index contributed by atoms with van der Waals surface area (Å²) < 4.78 is 76.4. The van der Waals surface area contributed by atoms with Crippen molar-refractivity contribution in [3.8, 4) is 28.7 Å². The van der Waals surface area contributed by atoms with E-state index in [1.54, 1.807) is 54.6 Å². The van der Waals surface area contributed by atoms with Gasteiger partial charge in [0.2, 0.25) is 0 Å². The molecule has 11 heteroatoms. The minimum atomic E-state index is -4.82. The number of alkyl halides is 3. The molecule has 0 unspecified atom stereocenters. The number of benzene rings is 4. The third-order valence-corrected chi connectivity index (χ3v) is 8.84. The third kappa shape index (κ3) is 6.57. The lowest BCUT2D eigenvalue weighted by atomic mass is 9.77. The SMILES string of the molecule is COc1ccc(C(NC2=N[C@](C)(c3cc(-c4cncc(C#N)c4)ccc3F)C[C@@H](C(F)(F)F)O2)(c2ccccc2)c2ccc(OC)cc2)cc1. The number of nitrogens with one attached hydrogen (secondary N) is 1. The summed E-state index contributed by atoms with van der Waals surface area (Å²) in [7, 11) is 3.07. The fourth-order valence-electron chi connectivity index (χ4n) is 6.27. The molecule has 0 bridgehead atoms. The van der Waals surface area contributed by atoms with Crippen LogP contribution in [0.4, 0.5) is 17.6 Å². The summed E-state index contributed by atoms with van der Waals surface area (Å²) in [6.07, 6.45) is -4.97. The number of halogens is 4. The van der Waals surface area contributed by atoms with Gasteiger partial charge in [0.1, 0.15) is 28.9 Å². The van der Waals surface area contributed by atoms with Crippen LogP contribution in [0.25, 0.3) is 11.1 Å². The second-order valence-corrected chi connectivity index (χ2v) is 12.0. The van der Waals surface area contributed by atoms with Crippen LogP contribution in [0.2, 0.25) is 0 Å².